The Balaban J connectivity index is 0. The van der Waals surface area contributed by atoms with E-state index in [0.29, 0.717) is 0 Å². The minimum Gasteiger partial charge on any atom is -0.214 e. The van der Waals surface area contributed by atoms with Crippen LogP contribution in [0.25, 0.3) is 22.3 Å². The third kappa shape index (κ3) is 19.9. The average molecular weight is 740 g/mol. The van der Waals surface area contributed by atoms with Crippen LogP contribution in [-0.4, -0.2) is 0 Å². The van der Waals surface area contributed by atoms with Gasteiger partial charge < -0.3 is 0 Å². The van der Waals surface area contributed by atoms with Gasteiger partial charge in [-0.25, -0.2) is 48.5 Å². The topological polar surface area (TPSA) is 0 Å². The Morgan fingerprint density at radius 1 is 0.205 bits per heavy atom. The predicted octanol–water partition coefficient (Wildman–Crippen LogP) is 11.2. The van der Waals surface area contributed by atoms with Crippen LogP contribution in [0, 0.1) is 0 Å². The first-order valence-corrected chi connectivity index (χ1v) is 13.5. The molecule has 0 aliphatic heterocycles. The molecule has 0 radical (unpaired) electrons. The number of hydrogen-bond donors (Lipinski definition) is 0. The third-order valence-corrected chi connectivity index (χ3v) is 5.54. The molecule has 0 bridgehead atoms. The molecular weight excluding hydrogens is 704 g/mol. The maximum atomic E-state index is 2.12. The van der Waals surface area contributed by atoms with E-state index >= 15 is 0 Å². The monoisotopic (exact) mass is 740 g/mol. The second kappa shape index (κ2) is 29.9. The smallest absolute Gasteiger partial charge is 0.214 e. The Labute approximate surface area is 306 Å². The van der Waals surface area contributed by atoms with Crippen LogP contribution in [0.15, 0.2) is 218 Å². The molecule has 0 aliphatic carbocycles. The molecule has 0 unspecified atom stereocenters. The molecule has 0 saturated carbocycles. The second-order valence-electron chi connectivity index (χ2n) is 8.54. The van der Waals surface area contributed by atoms with Gasteiger partial charge in [0.1, 0.15) is 0 Å². The Bertz CT molecular complexity index is 1130. The van der Waals surface area contributed by atoms with Crippen molar-refractivity contribution in [1.82, 2.24) is 0 Å². The molecule has 0 fully saturated rings. The summed E-state index contributed by atoms with van der Waals surface area (Å²) in [7, 11) is 0. The predicted molar refractivity (Wildman–Crippen MR) is 174 cm³/mol. The van der Waals surface area contributed by atoms with Crippen molar-refractivity contribution in [3.63, 3.8) is 0 Å². The summed E-state index contributed by atoms with van der Waals surface area (Å²) in [6, 6.07) is 73.4. The fourth-order valence-corrected chi connectivity index (χ4v) is 3.55. The first-order valence-electron chi connectivity index (χ1n) is 13.5. The van der Waals surface area contributed by atoms with Crippen molar-refractivity contribution >= 4 is 0 Å². The third-order valence-electron chi connectivity index (χ3n) is 5.54. The molecule has 0 amide bonds. The fraction of sp³-hybridized carbons (Fsp3) is 0. The average Bonchev–Trinajstić information content (AvgIpc) is 3.94. The molecule has 8 aromatic carbocycles. The van der Waals surface area contributed by atoms with E-state index in [1.807, 2.05) is 121 Å². The van der Waals surface area contributed by atoms with E-state index in [1.54, 1.807) is 0 Å². The van der Waals surface area contributed by atoms with E-state index in [4.69, 9.17) is 0 Å². The Morgan fingerprint density at radius 2 is 0.341 bits per heavy atom. The van der Waals surface area contributed by atoms with E-state index in [2.05, 4.69) is 97.1 Å². The van der Waals surface area contributed by atoms with E-state index in [-0.39, 0.29) is 68.3 Å². The van der Waals surface area contributed by atoms with Crippen molar-refractivity contribution in [2.45, 2.75) is 0 Å². The Kier molecular flexibility index (Phi) is 29.3. The molecule has 8 aromatic rings. The Hall–Kier alpha value is -3.12. The summed E-state index contributed by atoms with van der Waals surface area (Å²) in [5.74, 6) is 0. The van der Waals surface area contributed by atoms with Gasteiger partial charge in [-0.3, -0.25) is 0 Å². The van der Waals surface area contributed by atoms with Crippen molar-refractivity contribution < 1.29 is 68.3 Å². The van der Waals surface area contributed by atoms with Gasteiger partial charge in [0, 0.05) is 0 Å². The normalized spacial score (nSPS) is 8.18. The number of rotatable bonds is 2. The summed E-state index contributed by atoms with van der Waals surface area (Å²) < 4.78 is 0. The van der Waals surface area contributed by atoms with Crippen molar-refractivity contribution in [1.29, 1.82) is 0 Å². The van der Waals surface area contributed by atoms with Crippen LogP contribution in [0.3, 0.4) is 0 Å². The van der Waals surface area contributed by atoms with Crippen LogP contribution in [0.4, 0.5) is 0 Å². The molecule has 0 spiro atoms. The summed E-state index contributed by atoms with van der Waals surface area (Å²) in [4.78, 5) is 0. The van der Waals surface area contributed by atoms with E-state index < -0.39 is 0 Å². The van der Waals surface area contributed by atoms with Gasteiger partial charge in [0.15, 0.2) is 0 Å². The molecule has 4 heteroatoms. The SMILES string of the molecule is [Fe+2].[Fe+2].[Fe+2].[Fe+2].c1cc[c-](-[c-]2cccc2)c1.c1cc[c-](-[c-]2cccc2)c1.c1cc[cH-]c1.c1cc[cH-]c1.c1cc[cH-]c1.c1cc[cH-]c1. The van der Waals surface area contributed by atoms with E-state index in [9.17, 15) is 0 Å². The second-order valence-corrected chi connectivity index (χ2v) is 8.54. The zero-order chi connectivity index (χ0) is 27.8. The van der Waals surface area contributed by atoms with E-state index in [1.165, 1.54) is 22.3 Å². The van der Waals surface area contributed by atoms with Gasteiger partial charge in [-0.2, -0.15) is 192 Å². The fourth-order valence-electron chi connectivity index (χ4n) is 3.55. The standard InChI is InChI=1S/2C10H8.4C5H5.4Fe/c2*1-2-6-9(5-1)10-7-3-4-8-10;4*1-2-4-5-3-1;;;;/h2*1-8H;4*1-5H;;;;/q2*-2;4*-1;4*+2. The summed E-state index contributed by atoms with van der Waals surface area (Å²) in [5, 5.41) is 0. The molecular formula is C40H36Fe4. The van der Waals surface area contributed by atoms with Gasteiger partial charge in [-0.05, 0) is 0 Å². The quantitative estimate of drug-likeness (QED) is 0.122. The first kappa shape index (κ1) is 43.0. The molecule has 0 nitrogen and oxygen atoms in total. The maximum Gasteiger partial charge on any atom is 2.00 e. The molecule has 8 rings (SSSR count). The van der Waals surface area contributed by atoms with Crippen LogP contribution in [-0.2, 0) is 68.3 Å². The van der Waals surface area contributed by atoms with E-state index in [0.717, 1.165) is 0 Å². The van der Waals surface area contributed by atoms with Gasteiger partial charge in [0.2, 0.25) is 0 Å². The summed E-state index contributed by atoms with van der Waals surface area (Å²) in [6.07, 6.45) is 0. The molecule has 0 saturated heterocycles. The molecule has 44 heavy (non-hydrogen) atoms. The van der Waals surface area contributed by atoms with Gasteiger partial charge in [0.05, 0.1) is 0 Å². The largest absolute Gasteiger partial charge is 2.00 e. The molecule has 0 atom stereocenters. The van der Waals surface area contributed by atoms with Crippen molar-refractivity contribution in [2.24, 2.45) is 0 Å². The van der Waals surface area contributed by atoms with Crippen LogP contribution < -0.4 is 0 Å². The van der Waals surface area contributed by atoms with Gasteiger partial charge >= 0.3 is 68.3 Å². The van der Waals surface area contributed by atoms with Crippen LogP contribution >= 0.6 is 0 Å². The molecule has 0 N–H and O–H groups in total. The van der Waals surface area contributed by atoms with Crippen molar-refractivity contribution in [3.05, 3.63) is 218 Å². The van der Waals surface area contributed by atoms with Gasteiger partial charge in [-0.1, -0.05) is 0 Å². The van der Waals surface area contributed by atoms with Crippen LogP contribution in [0.1, 0.15) is 0 Å². The van der Waals surface area contributed by atoms with Crippen LogP contribution in [0.2, 0.25) is 0 Å². The number of hydrogen-bond acceptors (Lipinski definition) is 0. The molecule has 0 aliphatic rings. The molecule has 0 aromatic heterocycles. The zero-order valence-corrected chi connectivity index (χ0v) is 28.6. The van der Waals surface area contributed by atoms with Crippen LogP contribution in [0.5, 0.6) is 0 Å². The maximum absolute atomic E-state index is 2.12. The molecule has 0 heterocycles. The van der Waals surface area contributed by atoms with Crippen molar-refractivity contribution in [3.8, 4) is 22.3 Å². The minimum absolute atomic E-state index is 0. The van der Waals surface area contributed by atoms with Gasteiger partial charge in [-0.15, -0.1) is 0 Å². The molecule has 228 valence electrons. The Morgan fingerprint density at radius 3 is 0.432 bits per heavy atom. The first-order chi connectivity index (χ1) is 19.9. The summed E-state index contributed by atoms with van der Waals surface area (Å²) in [6.45, 7) is 0. The minimum atomic E-state index is 0. The summed E-state index contributed by atoms with van der Waals surface area (Å²) in [5.41, 5.74) is 5.24. The zero-order valence-electron chi connectivity index (χ0n) is 24.2. The summed E-state index contributed by atoms with van der Waals surface area (Å²) >= 11 is 0. The van der Waals surface area contributed by atoms with Crippen molar-refractivity contribution in [2.75, 3.05) is 0 Å². The van der Waals surface area contributed by atoms with Gasteiger partial charge in [0.25, 0.3) is 0 Å².